The van der Waals surface area contributed by atoms with Gasteiger partial charge in [0.15, 0.2) is 0 Å². The summed E-state index contributed by atoms with van der Waals surface area (Å²) in [6.07, 6.45) is 5.86. The van der Waals surface area contributed by atoms with E-state index in [9.17, 15) is 0 Å². The van der Waals surface area contributed by atoms with Gasteiger partial charge in [0, 0.05) is 5.54 Å². The molecule has 0 aromatic carbocycles. The molecule has 1 saturated heterocycles. The highest BCUT2D eigenvalue weighted by molar-refractivity contribution is 5.04. The van der Waals surface area contributed by atoms with Crippen LogP contribution >= 0.6 is 0 Å². The van der Waals surface area contributed by atoms with E-state index in [1.165, 1.54) is 38.8 Å². The number of hydrogen-bond donors (Lipinski definition) is 0. The van der Waals surface area contributed by atoms with Gasteiger partial charge in [-0.05, 0) is 64.5 Å². The summed E-state index contributed by atoms with van der Waals surface area (Å²) in [7, 11) is 0. The minimum absolute atomic E-state index is 0.387. The molecule has 1 saturated carbocycles. The highest BCUT2D eigenvalue weighted by atomic mass is 15.2. The van der Waals surface area contributed by atoms with Gasteiger partial charge in [-0.1, -0.05) is 13.3 Å². The molecule has 1 aliphatic carbocycles. The van der Waals surface area contributed by atoms with Crippen molar-refractivity contribution in [2.45, 2.75) is 58.9 Å². The molecule has 1 spiro atoms. The van der Waals surface area contributed by atoms with Gasteiger partial charge in [0.05, 0.1) is 0 Å². The lowest BCUT2D eigenvalue weighted by atomic mass is 9.88. The molecule has 1 nitrogen and oxygen atoms in total. The second kappa shape index (κ2) is 3.23. The predicted octanol–water partition coefficient (Wildman–Crippen LogP) is 3.30. The molecule has 2 aliphatic rings. The first-order valence-electron chi connectivity index (χ1n) is 6.23. The number of hydrogen-bond acceptors (Lipinski definition) is 1. The fourth-order valence-electron chi connectivity index (χ4n) is 3.24. The van der Waals surface area contributed by atoms with Crippen molar-refractivity contribution in [3.05, 3.63) is 0 Å². The van der Waals surface area contributed by atoms with Crippen molar-refractivity contribution < 1.29 is 0 Å². The second-order valence-electron chi connectivity index (χ2n) is 6.33. The van der Waals surface area contributed by atoms with Crippen molar-refractivity contribution in [2.75, 3.05) is 13.1 Å². The standard InChI is InChI=1S/C13H25N/c1-5-11-10-13(11)6-8-14(9-7-13)12(2,3)4/h11H,5-10H2,1-4H3. The number of likely N-dealkylation sites (tertiary alicyclic amines) is 1. The van der Waals surface area contributed by atoms with Gasteiger partial charge in [-0.25, -0.2) is 0 Å². The summed E-state index contributed by atoms with van der Waals surface area (Å²) in [6, 6.07) is 0. The molecule has 14 heavy (non-hydrogen) atoms. The highest BCUT2D eigenvalue weighted by Gasteiger charge is 2.53. The maximum absolute atomic E-state index is 2.66. The lowest BCUT2D eigenvalue weighted by Gasteiger charge is -2.41. The van der Waals surface area contributed by atoms with Crippen molar-refractivity contribution in [1.82, 2.24) is 4.90 Å². The normalized spacial score (nSPS) is 32.1. The molecule has 1 aliphatic heterocycles. The Hall–Kier alpha value is -0.0400. The lowest BCUT2D eigenvalue weighted by molar-refractivity contribution is 0.0756. The van der Waals surface area contributed by atoms with Crippen LogP contribution in [0.1, 0.15) is 53.4 Å². The number of nitrogens with zero attached hydrogens (tertiary/aromatic N) is 1. The lowest BCUT2D eigenvalue weighted by Crippen LogP contribution is -2.46. The van der Waals surface area contributed by atoms with E-state index < -0.39 is 0 Å². The van der Waals surface area contributed by atoms with Gasteiger partial charge in [-0.3, -0.25) is 4.90 Å². The van der Waals surface area contributed by atoms with Gasteiger partial charge in [0.2, 0.25) is 0 Å². The van der Waals surface area contributed by atoms with Gasteiger partial charge >= 0.3 is 0 Å². The molecule has 0 amide bonds. The van der Waals surface area contributed by atoms with Crippen LogP contribution < -0.4 is 0 Å². The van der Waals surface area contributed by atoms with E-state index in [2.05, 4.69) is 32.6 Å². The van der Waals surface area contributed by atoms with E-state index in [1.807, 2.05) is 0 Å². The third-order valence-corrected chi connectivity index (χ3v) is 4.56. The van der Waals surface area contributed by atoms with Crippen LogP contribution in [0, 0.1) is 11.3 Å². The molecule has 2 rings (SSSR count). The van der Waals surface area contributed by atoms with E-state index in [-0.39, 0.29) is 0 Å². The zero-order valence-corrected chi connectivity index (χ0v) is 10.3. The predicted molar refractivity (Wildman–Crippen MR) is 61.4 cm³/mol. The molecule has 0 bridgehead atoms. The van der Waals surface area contributed by atoms with Gasteiger partial charge in [0.1, 0.15) is 0 Å². The quantitative estimate of drug-likeness (QED) is 0.620. The topological polar surface area (TPSA) is 3.24 Å². The molecule has 1 heteroatoms. The maximum Gasteiger partial charge on any atom is 0.0125 e. The monoisotopic (exact) mass is 195 g/mol. The minimum Gasteiger partial charge on any atom is -0.298 e. The maximum atomic E-state index is 2.66. The minimum atomic E-state index is 0.387. The Bertz CT molecular complexity index is 206. The number of piperidine rings is 1. The average Bonchev–Trinajstić information content (AvgIpc) is 2.78. The number of rotatable bonds is 1. The Labute approximate surface area is 88.9 Å². The molecule has 1 atom stereocenters. The zero-order chi connectivity index (χ0) is 10.4. The third-order valence-electron chi connectivity index (χ3n) is 4.56. The molecule has 1 heterocycles. The van der Waals surface area contributed by atoms with E-state index in [0.29, 0.717) is 5.54 Å². The van der Waals surface area contributed by atoms with Crippen molar-refractivity contribution in [3.63, 3.8) is 0 Å². The third kappa shape index (κ3) is 1.71. The van der Waals surface area contributed by atoms with Crippen LogP contribution in [-0.4, -0.2) is 23.5 Å². The molecular formula is C13H25N. The van der Waals surface area contributed by atoms with Crippen LogP contribution in [-0.2, 0) is 0 Å². The van der Waals surface area contributed by atoms with Crippen LogP contribution in [0.15, 0.2) is 0 Å². The van der Waals surface area contributed by atoms with Gasteiger partial charge < -0.3 is 0 Å². The summed E-state index contributed by atoms with van der Waals surface area (Å²) in [6.45, 7) is 12.1. The first-order chi connectivity index (χ1) is 6.48. The van der Waals surface area contributed by atoms with Gasteiger partial charge in [-0.2, -0.15) is 0 Å². The molecule has 82 valence electrons. The molecule has 0 radical (unpaired) electrons. The Kier molecular flexibility index (Phi) is 2.42. The summed E-state index contributed by atoms with van der Waals surface area (Å²) in [5, 5.41) is 0. The largest absolute Gasteiger partial charge is 0.298 e. The van der Waals surface area contributed by atoms with E-state index in [1.54, 1.807) is 0 Å². The molecule has 0 aromatic heterocycles. The van der Waals surface area contributed by atoms with E-state index >= 15 is 0 Å². The Morgan fingerprint density at radius 3 is 2.14 bits per heavy atom. The van der Waals surface area contributed by atoms with Crippen LogP contribution in [0.2, 0.25) is 0 Å². The molecule has 1 unspecified atom stereocenters. The van der Waals surface area contributed by atoms with Gasteiger partial charge in [-0.15, -0.1) is 0 Å². The smallest absolute Gasteiger partial charge is 0.0125 e. The SMILES string of the molecule is CCC1CC12CCN(C(C)(C)C)CC2. The highest BCUT2D eigenvalue weighted by Crippen LogP contribution is 2.61. The molecular weight excluding hydrogens is 170 g/mol. The Morgan fingerprint density at radius 1 is 1.21 bits per heavy atom. The summed E-state index contributed by atoms with van der Waals surface area (Å²) in [4.78, 5) is 2.66. The fourth-order valence-corrected chi connectivity index (χ4v) is 3.24. The average molecular weight is 195 g/mol. The summed E-state index contributed by atoms with van der Waals surface area (Å²) in [5.41, 5.74) is 1.19. The first kappa shape index (κ1) is 10.5. The van der Waals surface area contributed by atoms with Crippen LogP contribution in [0.25, 0.3) is 0 Å². The Morgan fingerprint density at radius 2 is 1.79 bits per heavy atom. The summed E-state index contributed by atoms with van der Waals surface area (Å²) >= 11 is 0. The first-order valence-corrected chi connectivity index (χ1v) is 6.23. The summed E-state index contributed by atoms with van der Waals surface area (Å²) in [5.74, 6) is 1.07. The fraction of sp³-hybridized carbons (Fsp3) is 1.00. The van der Waals surface area contributed by atoms with Crippen LogP contribution in [0.4, 0.5) is 0 Å². The molecule has 0 aromatic rings. The molecule has 2 fully saturated rings. The molecule has 0 N–H and O–H groups in total. The van der Waals surface area contributed by atoms with Crippen LogP contribution in [0.5, 0.6) is 0 Å². The Balaban J connectivity index is 1.88. The van der Waals surface area contributed by atoms with Crippen molar-refractivity contribution in [2.24, 2.45) is 11.3 Å². The van der Waals surface area contributed by atoms with E-state index in [0.717, 1.165) is 11.3 Å². The van der Waals surface area contributed by atoms with Crippen LogP contribution in [0.3, 0.4) is 0 Å². The van der Waals surface area contributed by atoms with Crippen molar-refractivity contribution >= 4 is 0 Å². The van der Waals surface area contributed by atoms with E-state index in [4.69, 9.17) is 0 Å². The van der Waals surface area contributed by atoms with Crippen molar-refractivity contribution in [1.29, 1.82) is 0 Å². The summed E-state index contributed by atoms with van der Waals surface area (Å²) < 4.78 is 0. The zero-order valence-electron chi connectivity index (χ0n) is 10.3. The van der Waals surface area contributed by atoms with Crippen molar-refractivity contribution in [3.8, 4) is 0 Å². The van der Waals surface area contributed by atoms with Gasteiger partial charge in [0.25, 0.3) is 0 Å². The second-order valence-corrected chi connectivity index (χ2v) is 6.33.